The van der Waals surface area contributed by atoms with Gasteiger partial charge in [-0.05, 0) is 23.8 Å². The van der Waals surface area contributed by atoms with Gasteiger partial charge in [-0.1, -0.05) is 18.2 Å². The summed E-state index contributed by atoms with van der Waals surface area (Å²) in [4.78, 5) is 4.02. The van der Waals surface area contributed by atoms with E-state index in [1.54, 1.807) is 13.3 Å². The molecule has 18 heavy (non-hydrogen) atoms. The molecule has 0 fully saturated rings. The summed E-state index contributed by atoms with van der Waals surface area (Å²) in [7, 11) is 1.67. The minimum atomic E-state index is 0.413. The minimum absolute atomic E-state index is 0.413. The van der Waals surface area contributed by atoms with Crippen molar-refractivity contribution in [2.24, 2.45) is 0 Å². The predicted molar refractivity (Wildman–Crippen MR) is 70.1 cm³/mol. The van der Waals surface area contributed by atoms with Crippen molar-refractivity contribution >= 4 is 5.82 Å². The van der Waals surface area contributed by atoms with E-state index in [0.717, 1.165) is 16.9 Å². The van der Waals surface area contributed by atoms with Crippen molar-refractivity contribution in [3.05, 3.63) is 53.7 Å². The molecule has 2 N–H and O–H groups in total. The van der Waals surface area contributed by atoms with E-state index in [1.807, 2.05) is 36.4 Å². The maximum atomic E-state index is 5.75. The van der Waals surface area contributed by atoms with Crippen molar-refractivity contribution in [2.75, 3.05) is 12.8 Å². The van der Waals surface area contributed by atoms with Crippen molar-refractivity contribution in [2.45, 2.75) is 13.2 Å². The Kier molecular flexibility index (Phi) is 4.15. The van der Waals surface area contributed by atoms with Gasteiger partial charge in [-0.2, -0.15) is 0 Å². The Labute approximate surface area is 106 Å². The van der Waals surface area contributed by atoms with Crippen LogP contribution in [0.1, 0.15) is 11.1 Å². The number of nitrogen functional groups attached to an aromatic ring is 1. The van der Waals surface area contributed by atoms with Gasteiger partial charge in [0.2, 0.25) is 0 Å². The van der Waals surface area contributed by atoms with Gasteiger partial charge in [-0.25, -0.2) is 4.98 Å². The van der Waals surface area contributed by atoms with E-state index in [1.165, 1.54) is 0 Å². The third kappa shape index (κ3) is 3.21. The molecule has 0 amide bonds. The number of ether oxygens (including phenoxy) is 2. The Hall–Kier alpha value is -2.07. The van der Waals surface area contributed by atoms with Crippen LogP contribution in [0.4, 0.5) is 5.82 Å². The maximum absolute atomic E-state index is 5.75. The summed E-state index contributed by atoms with van der Waals surface area (Å²) in [5, 5.41) is 0. The van der Waals surface area contributed by atoms with E-state index in [0.29, 0.717) is 19.0 Å². The molecule has 0 aliphatic rings. The first kappa shape index (κ1) is 12.4. The van der Waals surface area contributed by atoms with Crippen molar-refractivity contribution in [1.29, 1.82) is 0 Å². The first-order valence-corrected chi connectivity index (χ1v) is 5.69. The van der Waals surface area contributed by atoms with Gasteiger partial charge in [0.05, 0.1) is 6.61 Å². The summed E-state index contributed by atoms with van der Waals surface area (Å²) in [5.41, 5.74) is 7.71. The van der Waals surface area contributed by atoms with E-state index in [2.05, 4.69) is 4.98 Å². The molecule has 0 saturated carbocycles. The van der Waals surface area contributed by atoms with Crippen molar-refractivity contribution in [1.82, 2.24) is 4.98 Å². The lowest BCUT2D eigenvalue weighted by Gasteiger charge is -2.09. The van der Waals surface area contributed by atoms with Crippen LogP contribution in [0.3, 0.4) is 0 Å². The largest absolute Gasteiger partial charge is 0.489 e. The number of aromatic nitrogens is 1. The molecule has 0 unspecified atom stereocenters. The highest BCUT2D eigenvalue weighted by atomic mass is 16.5. The lowest BCUT2D eigenvalue weighted by atomic mass is 10.2. The van der Waals surface area contributed by atoms with E-state index in [-0.39, 0.29) is 0 Å². The number of hydrogen-bond donors (Lipinski definition) is 1. The van der Waals surface area contributed by atoms with Crippen molar-refractivity contribution < 1.29 is 9.47 Å². The van der Waals surface area contributed by atoms with Crippen molar-refractivity contribution in [3.8, 4) is 5.75 Å². The molecule has 2 aromatic rings. The number of nitrogens with zero attached hydrogens (tertiary/aromatic N) is 1. The first-order chi connectivity index (χ1) is 8.79. The summed E-state index contributed by atoms with van der Waals surface area (Å²) >= 11 is 0. The maximum Gasteiger partial charge on any atom is 0.129 e. The lowest BCUT2D eigenvalue weighted by molar-refractivity contribution is 0.184. The van der Waals surface area contributed by atoms with Gasteiger partial charge in [0.1, 0.15) is 18.2 Å². The van der Waals surface area contributed by atoms with Crippen molar-refractivity contribution in [3.63, 3.8) is 0 Å². The number of rotatable bonds is 5. The summed E-state index contributed by atoms with van der Waals surface area (Å²) in [6.45, 7) is 0.988. The van der Waals surface area contributed by atoms with Gasteiger partial charge >= 0.3 is 0 Å². The number of anilines is 1. The van der Waals surface area contributed by atoms with Crippen LogP contribution >= 0.6 is 0 Å². The monoisotopic (exact) mass is 244 g/mol. The molecule has 0 saturated heterocycles. The molecular weight excluding hydrogens is 228 g/mol. The third-order valence-corrected chi connectivity index (χ3v) is 2.53. The zero-order chi connectivity index (χ0) is 12.8. The van der Waals surface area contributed by atoms with Crippen LogP contribution in [-0.2, 0) is 18.0 Å². The number of pyridine rings is 1. The quantitative estimate of drug-likeness (QED) is 0.877. The Balaban J connectivity index is 2.02. The number of nitrogens with two attached hydrogens (primary N) is 1. The topological polar surface area (TPSA) is 57.4 Å². The molecule has 94 valence electrons. The molecule has 4 nitrogen and oxygen atoms in total. The molecule has 1 aromatic heterocycles. The molecule has 4 heteroatoms. The Morgan fingerprint density at radius 2 is 2.06 bits per heavy atom. The fraction of sp³-hybridized carbons (Fsp3) is 0.214. The second-order valence-corrected chi connectivity index (χ2v) is 3.92. The molecule has 2 rings (SSSR count). The molecule has 0 spiro atoms. The molecule has 1 heterocycles. The van der Waals surface area contributed by atoms with E-state index >= 15 is 0 Å². The van der Waals surface area contributed by atoms with Crippen LogP contribution in [0.15, 0.2) is 42.6 Å². The minimum Gasteiger partial charge on any atom is -0.489 e. The Bertz CT molecular complexity index is 515. The average Bonchev–Trinajstić information content (AvgIpc) is 2.39. The van der Waals surface area contributed by atoms with Gasteiger partial charge in [-0.3, -0.25) is 0 Å². The summed E-state index contributed by atoms with van der Waals surface area (Å²) in [6, 6.07) is 11.5. The number of hydrogen-bond acceptors (Lipinski definition) is 4. The van der Waals surface area contributed by atoms with Crippen LogP contribution in [-0.4, -0.2) is 12.1 Å². The van der Waals surface area contributed by atoms with Crippen LogP contribution in [0.5, 0.6) is 5.75 Å². The number of methoxy groups -OCH3 is 1. The van der Waals surface area contributed by atoms with E-state index in [9.17, 15) is 0 Å². The van der Waals surface area contributed by atoms with Crippen LogP contribution in [0.2, 0.25) is 0 Å². The standard InChI is InChI=1S/C14H16N2O2/c1-17-9-11-4-2-6-13(8-11)18-10-12-5-3-7-16-14(12)15/h2-8H,9-10H2,1H3,(H2,15,16). The summed E-state index contributed by atoms with van der Waals surface area (Å²) in [6.07, 6.45) is 1.66. The Morgan fingerprint density at radius 1 is 1.17 bits per heavy atom. The molecule has 0 aliphatic heterocycles. The average molecular weight is 244 g/mol. The molecule has 0 atom stereocenters. The van der Waals surface area contributed by atoms with Gasteiger partial charge in [0.25, 0.3) is 0 Å². The Morgan fingerprint density at radius 3 is 2.83 bits per heavy atom. The highest BCUT2D eigenvalue weighted by Crippen LogP contribution is 2.17. The highest BCUT2D eigenvalue weighted by Gasteiger charge is 2.01. The zero-order valence-corrected chi connectivity index (χ0v) is 10.3. The van der Waals surface area contributed by atoms with Crippen LogP contribution < -0.4 is 10.5 Å². The smallest absolute Gasteiger partial charge is 0.129 e. The van der Waals surface area contributed by atoms with Crippen LogP contribution in [0, 0.1) is 0 Å². The van der Waals surface area contributed by atoms with Gasteiger partial charge in [0, 0.05) is 18.9 Å². The van der Waals surface area contributed by atoms with Crippen LogP contribution in [0.25, 0.3) is 0 Å². The highest BCUT2D eigenvalue weighted by molar-refractivity contribution is 5.38. The summed E-state index contributed by atoms with van der Waals surface area (Å²) in [5.74, 6) is 1.30. The predicted octanol–water partition coefficient (Wildman–Crippen LogP) is 2.39. The third-order valence-electron chi connectivity index (χ3n) is 2.53. The normalized spacial score (nSPS) is 10.3. The van der Waals surface area contributed by atoms with Gasteiger partial charge in [-0.15, -0.1) is 0 Å². The molecule has 1 aromatic carbocycles. The summed E-state index contributed by atoms with van der Waals surface area (Å²) < 4.78 is 10.8. The molecule has 0 radical (unpaired) electrons. The lowest BCUT2D eigenvalue weighted by Crippen LogP contribution is -2.02. The fourth-order valence-electron chi connectivity index (χ4n) is 1.63. The van der Waals surface area contributed by atoms with E-state index < -0.39 is 0 Å². The zero-order valence-electron chi connectivity index (χ0n) is 10.3. The second kappa shape index (κ2) is 6.02. The van der Waals surface area contributed by atoms with Gasteiger partial charge < -0.3 is 15.2 Å². The van der Waals surface area contributed by atoms with E-state index in [4.69, 9.17) is 15.2 Å². The second-order valence-electron chi connectivity index (χ2n) is 3.92. The first-order valence-electron chi connectivity index (χ1n) is 5.69. The van der Waals surface area contributed by atoms with Gasteiger partial charge in [0.15, 0.2) is 0 Å². The molecule has 0 bridgehead atoms. The fourth-order valence-corrected chi connectivity index (χ4v) is 1.63. The number of benzene rings is 1. The SMILES string of the molecule is COCc1cccc(OCc2cccnc2N)c1. The molecular formula is C14H16N2O2. The molecule has 0 aliphatic carbocycles.